The molecule has 3 aromatic rings. The van der Waals surface area contributed by atoms with E-state index in [4.69, 9.17) is 9.15 Å². The van der Waals surface area contributed by atoms with Crippen molar-refractivity contribution >= 4 is 11.6 Å². The quantitative estimate of drug-likeness (QED) is 0.647. The molecule has 3 heterocycles. The van der Waals surface area contributed by atoms with Gasteiger partial charge in [-0.2, -0.15) is 0 Å². The van der Waals surface area contributed by atoms with Crippen LogP contribution in [-0.4, -0.2) is 28.4 Å². The highest BCUT2D eigenvalue weighted by Gasteiger charge is 2.06. The third-order valence-corrected chi connectivity index (χ3v) is 3.37. The first kappa shape index (κ1) is 15.3. The van der Waals surface area contributed by atoms with Crippen molar-refractivity contribution in [1.82, 2.24) is 14.7 Å². The first-order valence-electron chi connectivity index (χ1n) is 7.61. The van der Waals surface area contributed by atoms with Crippen LogP contribution in [0.3, 0.4) is 0 Å². The van der Waals surface area contributed by atoms with Crippen LogP contribution >= 0.6 is 0 Å². The van der Waals surface area contributed by atoms with Crippen LogP contribution in [0.4, 0.5) is 0 Å². The molecule has 0 aromatic carbocycles. The molecule has 0 unspecified atom stereocenters. The standard InChI is InChI=1S/C17H19N3O3/c21-17(11-14-12-20-8-2-1-6-16(20)19-14)18-7-4-9-22-13-15-5-3-10-23-15/h1-3,5-6,8,10,12H,4,7,9,11,13H2,(H,18,21). The van der Waals surface area contributed by atoms with Crippen LogP contribution in [0, 0.1) is 0 Å². The van der Waals surface area contributed by atoms with Crippen molar-refractivity contribution in [1.29, 1.82) is 0 Å². The van der Waals surface area contributed by atoms with Gasteiger partial charge in [-0.15, -0.1) is 0 Å². The van der Waals surface area contributed by atoms with E-state index >= 15 is 0 Å². The lowest BCUT2D eigenvalue weighted by molar-refractivity contribution is -0.120. The fraction of sp³-hybridized carbons (Fsp3) is 0.294. The molecule has 0 aliphatic carbocycles. The van der Waals surface area contributed by atoms with Gasteiger partial charge in [0.1, 0.15) is 18.0 Å². The van der Waals surface area contributed by atoms with E-state index in [1.165, 1.54) is 0 Å². The smallest absolute Gasteiger partial charge is 0.226 e. The maximum absolute atomic E-state index is 11.9. The molecule has 0 spiro atoms. The van der Waals surface area contributed by atoms with Gasteiger partial charge in [0.2, 0.25) is 5.91 Å². The maximum atomic E-state index is 11.9. The van der Waals surface area contributed by atoms with Crippen LogP contribution in [0.25, 0.3) is 5.65 Å². The number of furan rings is 1. The summed E-state index contributed by atoms with van der Waals surface area (Å²) in [5.74, 6) is 0.778. The van der Waals surface area contributed by atoms with Crippen LogP contribution in [0.2, 0.25) is 0 Å². The molecule has 0 saturated heterocycles. The predicted molar refractivity (Wildman–Crippen MR) is 84.9 cm³/mol. The number of hydrogen-bond donors (Lipinski definition) is 1. The number of ether oxygens (including phenoxy) is 1. The van der Waals surface area contributed by atoms with E-state index in [1.54, 1.807) is 6.26 Å². The van der Waals surface area contributed by atoms with Gasteiger partial charge in [0.05, 0.1) is 18.4 Å². The van der Waals surface area contributed by atoms with Gasteiger partial charge in [-0.1, -0.05) is 6.07 Å². The van der Waals surface area contributed by atoms with Gasteiger partial charge in [-0.3, -0.25) is 4.79 Å². The van der Waals surface area contributed by atoms with Crippen LogP contribution in [0.1, 0.15) is 17.9 Å². The van der Waals surface area contributed by atoms with Gasteiger partial charge in [-0.25, -0.2) is 4.98 Å². The second-order valence-corrected chi connectivity index (χ2v) is 5.21. The summed E-state index contributed by atoms with van der Waals surface area (Å²) in [5, 5.41) is 2.88. The summed E-state index contributed by atoms with van der Waals surface area (Å²) in [6, 6.07) is 9.48. The SMILES string of the molecule is O=C(Cc1cn2ccccc2n1)NCCCOCc1ccco1. The summed E-state index contributed by atoms with van der Waals surface area (Å²) < 4.78 is 12.5. The largest absolute Gasteiger partial charge is 0.467 e. The summed E-state index contributed by atoms with van der Waals surface area (Å²) in [4.78, 5) is 16.3. The Morgan fingerprint density at radius 3 is 3.09 bits per heavy atom. The third kappa shape index (κ3) is 4.43. The molecular formula is C17H19N3O3. The number of imidazole rings is 1. The van der Waals surface area contributed by atoms with Crippen molar-refractivity contribution in [3.63, 3.8) is 0 Å². The summed E-state index contributed by atoms with van der Waals surface area (Å²) in [5.41, 5.74) is 1.62. The Hall–Kier alpha value is -2.60. The molecule has 120 valence electrons. The highest BCUT2D eigenvalue weighted by molar-refractivity contribution is 5.78. The Bertz CT molecular complexity index is 716. The lowest BCUT2D eigenvalue weighted by atomic mass is 10.3. The van der Waals surface area contributed by atoms with E-state index in [1.807, 2.05) is 47.1 Å². The monoisotopic (exact) mass is 313 g/mol. The number of nitrogens with one attached hydrogen (secondary N) is 1. The summed E-state index contributed by atoms with van der Waals surface area (Å²) in [6.45, 7) is 1.63. The fourth-order valence-corrected chi connectivity index (χ4v) is 2.27. The molecule has 23 heavy (non-hydrogen) atoms. The Labute approximate surface area is 134 Å². The molecule has 0 bridgehead atoms. The van der Waals surface area contributed by atoms with Crippen molar-refractivity contribution in [3.05, 3.63) is 60.4 Å². The van der Waals surface area contributed by atoms with Crippen molar-refractivity contribution in [2.45, 2.75) is 19.4 Å². The predicted octanol–water partition coefficient (Wildman–Crippen LogP) is 2.19. The Kier molecular flexibility index (Phi) is 5.06. The minimum absolute atomic E-state index is 0.0283. The number of aromatic nitrogens is 2. The number of hydrogen-bond acceptors (Lipinski definition) is 4. The van der Waals surface area contributed by atoms with E-state index in [0.29, 0.717) is 19.8 Å². The van der Waals surface area contributed by atoms with Gasteiger partial charge in [0.15, 0.2) is 0 Å². The molecule has 0 atom stereocenters. The van der Waals surface area contributed by atoms with E-state index in [9.17, 15) is 4.79 Å². The molecule has 1 N–H and O–H groups in total. The third-order valence-electron chi connectivity index (χ3n) is 3.37. The van der Waals surface area contributed by atoms with Crippen LogP contribution in [-0.2, 0) is 22.6 Å². The van der Waals surface area contributed by atoms with Crippen molar-refractivity contribution in [3.8, 4) is 0 Å². The lowest BCUT2D eigenvalue weighted by Crippen LogP contribution is -2.26. The van der Waals surface area contributed by atoms with E-state index in [2.05, 4.69) is 10.3 Å². The summed E-state index contributed by atoms with van der Waals surface area (Å²) >= 11 is 0. The van der Waals surface area contributed by atoms with Gasteiger partial charge >= 0.3 is 0 Å². The molecule has 0 aliphatic heterocycles. The zero-order valence-corrected chi connectivity index (χ0v) is 12.8. The zero-order chi connectivity index (χ0) is 15.9. The molecule has 6 nitrogen and oxygen atoms in total. The average Bonchev–Trinajstić information content (AvgIpc) is 3.19. The second kappa shape index (κ2) is 7.60. The molecule has 1 amide bonds. The molecule has 0 saturated carbocycles. The van der Waals surface area contributed by atoms with E-state index < -0.39 is 0 Å². The Morgan fingerprint density at radius 2 is 2.26 bits per heavy atom. The van der Waals surface area contributed by atoms with Crippen molar-refractivity contribution in [2.24, 2.45) is 0 Å². The number of amides is 1. The molecule has 3 rings (SSSR count). The molecule has 0 radical (unpaired) electrons. The zero-order valence-electron chi connectivity index (χ0n) is 12.8. The average molecular weight is 313 g/mol. The van der Waals surface area contributed by atoms with Gasteiger partial charge in [0.25, 0.3) is 0 Å². The van der Waals surface area contributed by atoms with E-state index in [0.717, 1.165) is 23.5 Å². The number of carbonyl (C=O) groups is 1. The number of pyridine rings is 1. The van der Waals surface area contributed by atoms with Crippen LogP contribution in [0.5, 0.6) is 0 Å². The molecule has 3 aromatic heterocycles. The van der Waals surface area contributed by atoms with Gasteiger partial charge < -0.3 is 18.9 Å². The van der Waals surface area contributed by atoms with Gasteiger partial charge in [0, 0.05) is 25.5 Å². The van der Waals surface area contributed by atoms with Crippen molar-refractivity contribution in [2.75, 3.05) is 13.2 Å². The number of nitrogens with zero attached hydrogens (tertiary/aromatic N) is 2. The highest BCUT2D eigenvalue weighted by atomic mass is 16.5. The molecule has 6 heteroatoms. The summed E-state index contributed by atoms with van der Waals surface area (Å²) in [6.07, 6.45) is 6.46. The maximum Gasteiger partial charge on any atom is 0.226 e. The van der Waals surface area contributed by atoms with Crippen LogP contribution < -0.4 is 5.32 Å². The topological polar surface area (TPSA) is 68.8 Å². The molecule has 0 aliphatic rings. The van der Waals surface area contributed by atoms with E-state index in [-0.39, 0.29) is 12.3 Å². The number of fused-ring (bicyclic) bond motifs is 1. The first-order chi connectivity index (χ1) is 11.3. The fourth-order valence-electron chi connectivity index (χ4n) is 2.27. The Balaban J connectivity index is 1.33. The second-order valence-electron chi connectivity index (χ2n) is 5.21. The molecular weight excluding hydrogens is 294 g/mol. The number of rotatable bonds is 8. The first-order valence-corrected chi connectivity index (χ1v) is 7.61. The highest BCUT2D eigenvalue weighted by Crippen LogP contribution is 2.05. The molecule has 0 fully saturated rings. The Morgan fingerprint density at radius 1 is 1.30 bits per heavy atom. The lowest BCUT2D eigenvalue weighted by Gasteiger charge is -2.04. The number of carbonyl (C=O) groups excluding carboxylic acids is 1. The van der Waals surface area contributed by atoms with Gasteiger partial charge in [-0.05, 0) is 30.7 Å². The normalized spacial score (nSPS) is 11.0. The minimum atomic E-state index is -0.0283. The van der Waals surface area contributed by atoms with Crippen LogP contribution in [0.15, 0.2) is 53.4 Å². The minimum Gasteiger partial charge on any atom is -0.467 e. The van der Waals surface area contributed by atoms with Crippen molar-refractivity contribution < 1.29 is 13.9 Å². The summed E-state index contributed by atoms with van der Waals surface area (Å²) in [7, 11) is 0.